The molecule has 262 valence electrons. The van der Waals surface area contributed by atoms with Gasteiger partial charge in [0.25, 0.3) is 0 Å². The zero-order valence-electron chi connectivity index (χ0n) is 30.4. The number of ketones is 1. The summed E-state index contributed by atoms with van der Waals surface area (Å²) in [4.78, 5) is 28.6. The molecule has 1 N–H and O–H groups in total. The molecule has 4 saturated carbocycles. The highest BCUT2D eigenvalue weighted by molar-refractivity contribution is 9.10. The van der Waals surface area contributed by atoms with Crippen molar-refractivity contribution >= 4 is 33.8 Å². The molecule has 0 spiro atoms. The van der Waals surface area contributed by atoms with Gasteiger partial charge in [0.15, 0.2) is 5.78 Å². The lowest BCUT2D eigenvalue weighted by molar-refractivity contribution is -0.191. The van der Waals surface area contributed by atoms with Crippen LogP contribution in [0.4, 0.5) is 0 Å². The lowest BCUT2D eigenvalue weighted by Crippen LogP contribution is -2.65. The summed E-state index contributed by atoms with van der Waals surface area (Å²) in [6.07, 6.45) is 13.0. The predicted molar refractivity (Wildman–Crippen MR) is 199 cm³/mol. The van der Waals surface area contributed by atoms with Crippen LogP contribution >= 0.6 is 15.9 Å². The van der Waals surface area contributed by atoms with Gasteiger partial charge in [-0.1, -0.05) is 105 Å². The van der Waals surface area contributed by atoms with Crippen LogP contribution in [-0.4, -0.2) is 23.5 Å². The fourth-order valence-corrected chi connectivity index (χ4v) is 12.5. The molecule has 0 saturated heterocycles. The maximum absolute atomic E-state index is 14.3. The van der Waals surface area contributed by atoms with Crippen molar-refractivity contribution in [3.05, 3.63) is 87.4 Å². The number of ether oxygens (including phenoxy) is 1. The maximum Gasteiger partial charge on any atom is 0.313 e. The fourth-order valence-electron chi connectivity index (χ4n) is 12.2. The van der Waals surface area contributed by atoms with Crippen LogP contribution in [0.3, 0.4) is 0 Å². The Morgan fingerprint density at radius 1 is 0.918 bits per heavy atom. The molecule has 8 atom stereocenters. The first-order valence-corrected chi connectivity index (χ1v) is 19.4. The van der Waals surface area contributed by atoms with Crippen molar-refractivity contribution in [3.63, 3.8) is 0 Å². The smallest absolute Gasteiger partial charge is 0.313 e. The number of halogens is 1. The Bertz CT molecular complexity index is 1690. The van der Waals surface area contributed by atoms with E-state index in [1.165, 1.54) is 5.57 Å². The highest BCUT2D eigenvalue weighted by Gasteiger charge is 2.70. The average molecular weight is 728 g/mol. The maximum atomic E-state index is 14.3. The summed E-state index contributed by atoms with van der Waals surface area (Å²) in [5.74, 6) is 0.748. The summed E-state index contributed by atoms with van der Waals surface area (Å²) < 4.78 is 7.22. The Hall–Kier alpha value is -2.50. The van der Waals surface area contributed by atoms with Gasteiger partial charge in [0.05, 0.1) is 17.4 Å². The summed E-state index contributed by atoms with van der Waals surface area (Å²) in [7, 11) is 0. The van der Waals surface area contributed by atoms with Crippen LogP contribution in [-0.2, 0) is 20.9 Å². The minimum Gasteiger partial charge on any atom is -0.460 e. The van der Waals surface area contributed by atoms with E-state index in [1.807, 2.05) is 49.4 Å². The van der Waals surface area contributed by atoms with Crippen molar-refractivity contribution < 1.29 is 19.4 Å². The molecule has 4 nitrogen and oxygen atoms in total. The van der Waals surface area contributed by atoms with Gasteiger partial charge in [-0.05, 0) is 139 Å². The Labute approximate surface area is 302 Å². The van der Waals surface area contributed by atoms with E-state index < -0.39 is 10.8 Å². The van der Waals surface area contributed by atoms with Gasteiger partial charge in [-0.15, -0.1) is 0 Å². The molecule has 0 amide bonds. The first-order valence-electron chi connectivity index (χ1n) is 18.7. The third kappa shape index (κ3) is 5.30. The summed E-state index contributed by atoms with van der Waals surface area (Å²) in [5, 5.41) is 11.0. The van der Waals surface area contributed by atoms with Crippen molar-refractivity contribution in [1.29, 1.82) is 0 Å². The highest BCUT2D eigenvalue weighted by Crippen LogP contribution is 2.76. The number of aliphatic hydroxyl groups is 1. The molecule has 49 heavy (non-hydrogen) atoms. The molecule has 0 aliphatic heterocycles. The van der Waals surface area contributed by atoms with Gasteiger partial charge in [-0.25, -0.2) is 0 Å². The molecule has 2 aromatic rings. The first-order chi connectivity index (χ1) is 23.1. The third-order valence-electron chi connectivity index (χ3n) is 15.2. The molecule has 0 unspecified atom stereocenters. The molecular weight excluding hydrogens is 672 g/mol. The van der Waals surface area contributed by atoms with Crippen LogP contribution in [0.15, 0.2) is 76.3 Å². The average Bonchev–Trinajstić information content (AvgIpc) is 3.07. The Morgan fingerprint density at radius 2 is 1.61 bits per heavy atom. The summed E-state index contributed by atoms with van der Waals surface area (Å²) in [6.45, 7) is 14.5. The van der Waals surface area contributed by atoms with Crippen LogP contribution in [0.1, 0.15) is 110 Å². The molecular formula is C44H55BrO4. The van der Waals surface area contributed by atoms with Crippen LogP contribution in [0, 0.1) is 50.2 Å². The number of esters is 1. The molecule has 2 aromatic carbocycles. The normalized spacial score (nSPS) is 40.3. The molecule has 4 fully saturated rings. The van der Waals surface area contributed by atoms with Crippen molar-refractivity contribution in [1.82, 2.24) is 0 Å². The van der Waals surface area contributed by atoms with Crippen molar-refractivity contribution in [3.8, 4) is 0 Å². The SMILES string of the molecule is CC1(C)CC[C@]2(C(=O)OCc3ccccc3)CC[C@]3(C)C(=CC[C@@H]4[C@@]5(C)C/C(=C/c6ccc(Br)cc6)C(=O)[C@@](C)(CO)[C@@H]5CC[C@]43C)[C@@H]2C1. The van der Waals surface area contributed by atoms with Crippen LogP contribution < -0.4 is 0 Å². The number of rotatable bonds is 5. The van der Waals surface area contributed by atoms with Crippen LogP contribution in [0.5, 0.6) is 0 Å². The number of carbonyl (C=O) groups excluding carboxylic acids is 2. The van der Waals surface area contributed by atoms with E-state index in [2.05, 4.69) is 74.8 Å². The Kier molecular flexibility index (Phi) is 8.58. The minimum atomic E-state index is -0.807. The van der Waals surface area contributed by atoms with E-state index in [1.54, 1.807) is 0 Å². The number of hydrogen-bond donors (Lipinski definition) is 1. The monoisotopic (exact) mass is 726 g/mol. The minimum absolute atomic E-state index is 0.00347. The van der Waals surface area contributed by atoms with Crippen molar-refractivity contribution in [2.75, 3.05) is 6.61 Å². The molecule has 7 rings (SSSR count). The van der Waals surface area contributed by atoms with Gasteiger partial charge >= 0.3 is 5.97 Å². The zero-order chi connectivity index (χ0) is 35.0. The largest absolute Gasteiger partial charge is 0.460 e. The molecule has 5 aliphatic carbocycles. The zero-order valence-corrected chi connectivity index (χ0v) is 32.0. The quantitative estimate of drug-likeness (QED) is 0.189. The van der Waals surface area contributed by atoms with Crippen LogP contribution in [0.2, 0.25) is 0 Å². The second kappa shape index (κ2) is 12.0. The molecule has 0 heterocycles. The predicted octanol–water partition coefficient (Wildman–Crippen LogP) is 10.5. The van der Waals surface area contributed by atoms with Crippen LogP contribution in [0.25, 0.3) is 6.08 Å². The van der Waals surface area contributed by atoms with E-state index in [4.69, 9.17) is 4.74 Å². The summed E-state index contributed by atoms with van der Waals surface area (Å²) >= 11 is 3.55. The van der Waals surface area contributed by atoms with E-state index in [0.717, 1.165) is 79.0 Å². The van der Waals surface area contributed by atoms with E-state index >= 15 is 0 Å². The van der Waals surface area contributed by atoms with Gasteiger partial charge in [0, 0.05) is 4.47 Å². The molecule has 5 heteroatoms. The number of carbonyl (C=O) groups is 2. The molecule has 5 aliphatic rings. The number of aliphatic hydroxyl groups excluding tert-OH is 1. The Balaban J connectivity index is 1.27. The van der Waals surface area contributed by atoms with E-state index in [0.29, 0.717) is 12.5 Å². The second-order valence-electron chi connectivity index (χ2n) is 18.2. The topological polar surface area (TPSA) is 63.6 Å². The lowest BCUT2D eigenvalue weighted by atomic mass is 9.33. The third-order valence-corrected chi connectivity index (χ3v) is 15.7. The van der Waals surface area contributed by atoms with Gasteiger partial charge in [0.2, 0.25) is 0 Å². The van der Waals surface area contributed by atoms with Gasteiger partial charge in [0.1, 0.15) is 6.61 Å². The summed E-state index contributed by atoms with van der Waals surface area (Å²) in [6, 6.07) is 18.2. The Morgan fingerprint density at radius 3 is 2.31 bits per heavy atom. The first kappa shape index (κ1) is 34.9. The number of fused-ring (bicyclic) bond motifs is 7. The van der Waals surface area contributed by atoms with E-state index in [9.17, 15) is 14.7 Å². The number of benzene rings is 2. The number of Topliss-reactive ketones (excluding diaryl/α,β-unsaturated/α-hetero) is 1. The van der Waals surface area contributed by atoms with Crippen molar-refractivity contribution in [2.45, 2.75) is 106 Å². The number of allylic oxidation sites excluding steroid dienone is 3. The standard InChI is InChI=1S/C44H55BrO4/c1-39(2)20-22-44(38(48)49-27-30-10-8-7-9-11-30)23-21-42(5)33(34(44)26-39)16-17-36-40(3)25-31(24-29-12-14-32(45)15-13-29)37(47)41(4,28-46)35(40)18-19-43(36,42)6/h7-16,24,34-36,46H,17-23,25-28H2,1-6H3/b31-24-/t34-,35+,36+,40-,41-,42+,43+,44-/m0/s1. The highest BCUT2D eigenvalue weighted by atomic mass is 79.9. The molecule has 0 aromatic heterocycles. The number of hydrogen-bond acceptors (Lipinski definition) is 4. The van der Waals surface area contributed by atoms with Crippen molar-refractivity contribution in [2.24, 2.45) is 50.2 Å². The summed E-state index contributed by atoms with van der Waals surface area (Å²) in [5.41, 5.74) is 3.08. The van der Waals surface area contributed by atoms with Gasteiger partial charge in [-0.2, -0.15) is 0 Å². The molecule has 0 bridgehead atoms. The second-order valence-corrected chi connectivity index (χ2v) is 19.2. The van der Waals surface area contributed by atoms with E-state index in [-0.39, 0.29) is 51.9 Å². The van der Waals surface area contributed by atoms with Gasteiger partial charge in [-0.3, -0.25) is 9.59 Å². The molecule has 0 radical (unpaired) electrons. The fraction of sp³-hybridized carbons (Fsp3) is 0.591. The lowest BCUT2D eigenvalue weighted by Gasteiger charge is -2.70. The van der Waals surface area contributed by atoms with Gasteiger partial charge < -0.3 is 9.84 Å².